The number of esters is 1. The first-order chi connectivity index (χ1) is 13.0. The Morgan fingerprint density at radius 2 is 2.04 bits per heavy atom. The number of pyridine rings is 1. The minimum absolute atomic E-state index is 0.0141. The number of carbonyl (C=O) groups is 2. The van der Waals surface area contributed by atoms with Gasteiger partial charge in [0, 0.05) is 23.0 Å². The van der Waals surface area contributed by atoms with Crippen molar-refractivity contribution in [2.45, 2.75) is 33.9 Å². The number of nitrogens with zero attached hydrogens (tertiary/aromatic N) is 2. The van der Waals surface area contributed by atoms with Crippen LogP contribution in [-0.4, -0.2) is 22.9 Å². The number of ether oxygens (including phenoxy) is 1. The number of hydrogen-bond acceptors (Lipinski definition) is 4. The van der Waals surface area contributed by atoms with Crippen molar-refractivity contribution < 1.29 is 23.3 Å². The van der Waals surface area contributed by atoms with Crippen molar-refractivity contribution in [2.24, 2.45) is 0 Å². The number of aromatic nitrogens is 2. The van der Waals surface area contributed by atoms with Gasteiger partial charge in [0.15, 0.2) is 12.4 Å². The van der Waals surface area contributed by atoms with E-state index in [1.165, 1.54) is 0 Å². The third kappa shape index (κ3) is 4.16. The van der Waals surface area contributed by atoms with Crippen LogP contribution in [0.4, 0.5) is 0 Å². The summed E-state index contributed by atoms with van der Waals surface area (Å²) in [5.74, 6) is 0.433. The lowest BCUT2D eigenvalue weighted by molar-refractivity contribution is -0.683. The first-order valence-corrected chi connectivity index (χ1v) is 8.88. The van der Waals surface area contributed by atoms with Gasteiger partial charge in [0.25, 0.3) is 0 Å². The molecule has 3 aromatic rings. The second-order valence-corrected chi connectivity index (χ2v) is 6.36. The van der Waals surface area contributed by atoms with Crippen LogP contribution in [0, 0.1) is 13.8 Å². The molecule has 0 bridgehead atoms. The normalized spacial score (nSPS) is 10.8. The van der Waals surface area contributed by atoms with Crippen molar-refractivity contribution >= 4 is 11.8 Å². The van der Waals surface area contributed by atoms with Gasteiger partial charge in [-0.1, -0.05) is 0 Å². The van der Waals surface area contributed by atoms with Crippen molar-refractivity contribution in [3.63, 3.8) is 0 Å². The minimum Gasteiger partial charge on any atom is -0.467 e. The smallest absolute Gasteiger partial charge is 0.344 e. The van der Waals surface area contributed by atoms with Gasteiger partial charge >= 0.3 is 5.97 Å². The lowest BCUT2D eigenvalue weighted by Gasteiger charge is -2.07. The van der Waals surface area contributed by atoms with E-state index in [1.807, 2.05) is 32.0 Å². The predicted molar refractivity (Wildman–Crippen MR) is 98.6 cm³/mol. The molecular weight excluding hydrogens is 344 g/mol. The fourth-order valence-corrected chi connectivity index (χ4v) is 3.09. The van der Waals surface area contributed by atoms with Crippen LogP contribution in [-0.2, 0) is 17.8 Å². The number of hydrogen-bond donors (Lipinski definition) is 0. The zero-order valence-electron chi connectivity index (χ0n) is 15.8. The molecule has 6 heteroatoms. The van der Waals surface area contributed by atoms with Gasteiger partial charge in [-0.05, 0) is 45.0 Å². The van der Waals surface area contributed by atoms with E-state index in [0.717, 1.165) is 17.1 Å². The van der Waals surface area contributed by atoms with E-state index in [-0.39, 0.29) is 12.3 Å². The van der Waals surface area contributed by atoms with Crippen molar-refractivity contribution in [1.29, 1.82) is 0 Å². The number of furan rings is 1. The first kappa shape index (κ1) is 18.6. The Balaban J connectivity index is 1.79. The summed E-state index contributed by atoms with van der Waals surface area (Å²) in [6.07, 6.45) is 5.04. The number of Topliss-reactive ketones (excluding diaryl/α,β-unsaturated/α-hetero) is 1. The van der Waals surface area contributed by atoms with Crippen LogP contribution in [0.25, 0.3) is 0 Å². The fourth-order valence-electron chi connectivity index (χ4n) is 3.09. The molecule has 0 spiro atoms. The molecule has 0 aliphatic carbocycles. The summed E-state index contributed by atoms with van der Waals surface area (Å²) in [4.78, 5) is 24.7. The zero-order valence-corrected chi connectivity index (χ0v) is 15.8. The van der Waals surface area contributed by atoms with Crippen molar-refractivity contribution in [2.75, 3.05) is 6.61 Å². The Labute approximate surface area is 158 Å². The highest BCUT2D eigenvalue weighted by atomic mass is 16.5. The summed E-state index contributed by atoms with van der Waals surface area (Å²) in [7, 11) is 0. The van der Waals surface area contributed by atoms with Crippen LogP contribution in [0.3, 0.4) is 0 Å². The number of carbonyl (C=O) groups excluding carboxylic acids is 2. The van der Waals surface area contributed by atoms with E-state index in [9.17, 15) is 9.59 Å². The maximum Gasteiger partial charge on any atom is 0.344 e. The van der Waals surface area contributed by atoms with Gasteiger partial charge in [-0.15, -0.1) is 0 Å². The molecule has 0 N–H and O–H groups in total. The maximum absolute atomic E-state index is 12.8. The molecule has 0 atom stereocenters. The molecule has 140 valence electrons. The molecule has 0 amide bonds. The molecule has 3 heterocycles. The number of rotatable bonds is 7. The quantitative estimate of drug-likeness (QED) is 0.366. The molecule has 0 unspecified atom stereocenters. The van der Waals surface area contributed by atoms with Crippen LogP contribution in [0.1, 0.15) is 44.8 Å². The molecule has 3 aromatic heterocycles. The number of ketones is 1. The molecule has 0 aliphatic rings. The first-order valence-electron chi connectivity index (χ1n) is 8.88. The molecule has 0 fully saturated rings. The fraction of sp³-hybridized carbons (Fsp3) is 0.286. The van der Waals surface area contributed by atoms with Crippen molar-refractivity contribution in [3.05, 3.63) is 77.3 Å². The van der Waals surface area contributed by atoms with Gasteiger partial charge in [0.2, 0.25) is 12.3 Å². The average molecular weight is 367 g/mol. The molecule has 0 radical (unpaired) electrons. The molecule has 0 aliphatic heterocycles. The van der Waals surface area contributed by atoms with Crippen molar-refractivity contribution in [3.8, 4) is 0 Å². The van der Waals surface area contributed by atoms with E-state index in [4.69, 9.17) is 9.15 Å². The lowest BCUT2D eigenvalue weighted by atomic mass is 10.1. The highest BCUT2D eigenvalue weighted by Gasteiger charge is 2.20. The van der Waals surface area contributed by atoms with E-state index in [1.54, 1.807) is 42.3 Å². The van der Waals surface area contributed by atoms with E-state index in [0.29, 0.717) is 24.3 Å². The molecule has 6 nitrogen and oxygen atoms in total. The van der Waals surface area contributed by atoms with Crippen LogP contribution in [0.5, 0.6) is 0 Å². The Kier molecular flexibility index (Phi) is 5.54. The molecular formula is C21H23N2O4+. The van der Waals surface area contributed by atoms with Gasteiger partial charge in [-0.3, -0.25) is 4.79 Å². The second kappa shape index (κ2) is 8.03. The van der Waals surface area contributed by atoms with Crippen molar-refractivity contribution in [1.82, 2.24) is 4.57 Å². The lowest BCUT2D eigenvalue weighted by Crippen LogP contribution is -2.38. The SMILES string of the molecule is CCOC(=O)c1ccc[n+](CC(=O)c2cc(C)n(Cc3ccco3)c2C)c1. The standard InChI is InChI=1S/C21H23N2O4/c1-4-26-21(25)17-7-5-9-22(12-17)14-20(24)19-11-15(2)23(16(19)3)13-18-8-6-10-27-18/h5-12H,4,13-14H2,1-3H3/q+1. The summed E-state index contributed by atoms with van der Waals surface area (Å²) in [6, 6.07) is 9.07. The van der Waals surface area contributed by atoms with Gasteiger partial charge < -0.3 is 13.7 Å². The summed E-state index contributed by atoms with van der Waals surface area (Å²) in [5, 5.41) is 0. The van der Waals surface area contributed by atoms with Gasteiger partial charge in [-0.25, -0.2) is 4.79 Å². The molecule has 0 aromatic carbocycles. The highest BCUT2D eigenvalue weighted by Crippen LogP contribution is 2.18. The Hall–Kier alpha value is -3.15. The van der Waals surface area contributed by atoms with Crippen LogP contribution in [0.15, 0.2) is 53.4 Å². The second-order valence-electron chi connectivity index (χ2n) is 6.36. The monoisotopic (exact) mass is 367 g/mol. The van der Waals surface area contributed by atoms with Crippen LogP contribution >= 0.6 is 0 Å². The summed E-state index contributed by atoms with van der Waals surface area (Å²) in [5.41, 5.74) is 3.00. The molecule has 0 saturated heterocycles. The Bertz CT molecular complexity index is 955. The van der Waals surface area contributed by atoms with Gasteiger partial charge in [-0.2, -0.15) is 4.57 Å². The predicted octanol–water partition coefficient (Wildman–Crippen LogP) is 3.09. The third-order valence-electron chi connectivity index (χ3n) is 4.46. The molecule has 3 rings (SSSR count). The van der Waals surface area contributed by atoms with E-state index in [2.05, 4.69) is 4.57 Å². The Morgan fingerprint density at radius 1 is 1.22 bits per heavy atom. The largest absolute Gasteiger partial charge is 0.467 e. The minimum atomic E-state index is -0.393. The van der Waals surface area contributed by atoms with Crippen LogP contribution < -0.4 is 4.57 Å². The maximum atomic E-state index is 12.8. The zero-order chi connectivity index (χ0) is 19.4. The molecule has 27 heavy (non-hydrogen) atoms. The number of aryl methyl sites for hydroxylation is 1. The van der Waals surface area contributed by atoms with Gasteiger partial charge in [0.1, 0.15) is 11.3 Å². The third-order valence-corrected chi connectivity index (χ3v) is 4.46. The van der Waals surface area contributed by atoms with Crippen LogP contribution in [0.2, 0.25) is 0 Å². The van der Waals surface area contributed by atoms with E-state index < -0.39 is 5.97 Å². The highest BCUT2D eigenvalue weighted by molar-refractivity contribution is 5.96. The summed E-state index contributed by atoms with van der Waals surface area (Å²) in [6.45, 7) is 6.72. The molecule has 0 saturated carbocycles. The topological polar surface area (TPSA) is 65.3 Å². The summed E-state index contributed by atoms with van der Waals surface area (Å²) >= 11 is 0. The Morgan fingerprint density at radius 3 is 2.74 bits per heavy atom. The average Bonchev–Trinajstić information content (AvgIpc) is 3.26. The summed E-state index contributed by atoms with van der Waals surface area (Å²) < 4.78 is 14.2. The van der Waals surface area contributed by atoms with E-state index >= 15 is 0 Å². The van der Waals surface area contributed by atoms with Gasteiger partial charge in [0.05, 0.1) is 19.4 Å².